The summed E-state index contributed by atoms with van der Waals surface area (Å²) in [5, 5.41) is 9.08. The van der Waals surface area contributed by atoms with E-state index in [1.165, 1.54) is 17.7 Å². The fraction of sp³-hybridized carbons (Fsp3) is 0.538. The van der Waals surface area contributed by atoms with Crippen LogP contribution >= 0.6 is 0 Å². The van der Waals surface area contributed by atoms with E-state index in [-0.39, 0.29) is 11.9 Å². The van der Waals surface area contributed by atoms with Crippen molar-refractivity contribution in [3.05, 3.63) is 35.5 Å². The third-order valence-corrected chi connectivity index (χ3v) is 7.68. The van der Waals surface area contributed by atoms with Crippen molar-refractivity contribution in [2.45, 2.75) is 46.1 Å². The zero-order valence-electron chi connectivity index (χ0n) is 20.5. The molecule has 0 bridgehead atoms. The lowest BCUT2D eigenvalue weighted by Crippen LogP contribution is -2.53. The number of carbonyl (C=O) groups excluding carboxylic acids is 1. The maximum absolute atomic E-state index is 13.2. The van der Waals surface area contributed by atoms with Crippen LogP contribution in [0.3, 0.4) is 0 Å². The average molecular weight is 449 g/mol. The fourth-order valence-corrected chi connectivity index (χ4v) is 5.29. The van der Waals surface area contributed by atoms with Gasteiger partial charge in [0.25, 0.3) is 0 Å². The van der Waals surface area contributed by atoms with Gasteiger partial charge in [0, 0.05) is 61.1 Å². The molecule has 5 rings (SSSR count). The molecule has 1 unspecified atom stereocenters. The van der Waals surface area contributed by atoms with Crippen LogP contribution < -0.4 is 4.90 Å². The molecule has 0 spiro atoms. The normalized spacial score (nSPS) is 20.0. The molecule has 0 saturated carbocycles. The Labute approximate surface area is 196 Å². The minimum Gasteiger partial charge on any atom is -0.353 e. The van der Waals surface area contributed by atoms with Gasteiger partial charge < -0.3 is 14.8 Å². The summed E-state index contributed by atoms with van der Waals surface area (Å²) >= 11 is 0. The van der Waals surface area contributed by atoms with Gasteiger partial charge in [0.2, 0.25) is 5.91 Å². The summed E-state index contributed by atoms with van der Waals surface area (Å²) in [6.07, 6.45) is 3.27. The molecule has 7 nitrogen and oxygen atoms in total. The molecule has 2 aliphatic rings. The molecule has 1 fully saturated rings. The van der Waals surface area contributed by atoms with Gasteiger partial charge in [-0.3, -0.25) is 14.8 Å². The molecule has 176 valence electrons. The summed E-state index contributed by atoms with van der Waals surface area (Å²) in [5.41, 5.74) is 6.95. The Hall–Kier alpha value is -2.64. The maximum atomic E-state index is 13.2. The van der Waals surface area contributed by atoms with Crippen LogP contribution in [-0.2, 0) is 17.6 Å². The van der Waals surface area contributed by atoms with Crippen molar-refractivity contribution in [3.8, 4) is 11.4 Å². The summed E-state index contributed by atoms with van der Waals surface area (Å²) in [5.74, 6) is 0.134. The highest BCUT2D eigenvalue weighted by Gasteiger charge is 2.30. The number of aromatic nitrogens is 3. The summed E-state index contributed by atoms with van der Waals surface area (Å²) in [6.45, 7) is 10.5. The van der Waals surface area contributed by atoms with Crippen molar-refractivity contribution in [3.63, 3.8) is 0 Å². The molecule has 7 heteroatoms. The Morgan fingerprint density at radius 3 is 2.70 bits per heavy atom. The first-order valence-corrected chi connectivity index (χ1v) is 12.1. The van der Waals surface area contributed by atoms with Crippen molar-refractivity contribution in [2.75, 3.05) is 45.2 Å². The standard InChI is InChI=1S/C26H36N6O/c1-17(32-12-10-30(4)11-13-32)25(33)31(5)19-7-6-18-14-22(27-21(18)15-19)24-20-8-9-26(2,3)16-23(20)28-29-24/h6-7,14-15,17,27H,8-13,16H2,1-5H3,(H,28,29). The highest BCUT2D eigenvalue weighted by atomic mass is 16.2. The number of hydrogen-bond acceptors (Lipinski definition) is 4. The van der Waals surface area contributed by atoms with E-state index in [0.717, 1.165) is 67.0 Å². The molecule has 1 amide bonds. The molecule has 1 saturated heterocycles. The van der Waals surface area contributed by atoms with Crippen LogP contribution in [0.15, 0.2) is 24.3 Å². The molecule has 1 aliphatic heterocycles. The van der Waals surface area contributed by atoms with E-state index in [1.807, 2.05) is 20.0 Å². The van der Waals surface area contributed by atoms with Gasteiger partial charge in [-0.25, -0.2) is 0 Å². The van der Waals surface area contributed by atoms with Crippen molar-refractivity contribution in [1.29, 1.82) is 0 Å². The van der Waals surface area contributed by atoms with Crippen LogP contribution in [0.25, 0.3) is 22.3 Å². The molecule has 1 atom stereocenters. The lowest BCUT2D eigenvalue weighted by Gasteiger charge is -2.37. The molecule has 1 aromatic carbocycles. The second-order valence-corrected chi connectivity index (χ2v) is 10.7. The Bertz CT molecular complexity index is 1170. The first-order valence-electron chi connectivity index (χ1n) is 12.1. The first kappa shape index (κ1) is 22.2. The predicted octanol–water partition coefficient (Wildman–Crippen LogP) is 3.67. The summed E-state index contributed by atoms with van der Waals surface area (Å²) in [6, 6.07) is 8.26. The van der Waals surface area contributed by atoms with Crippen LogP contribution in [0.2, 0.25) is 0 Å². The number of hydrogen-bond donors (Lipinski definition) is 2. The van der Waals surface area contributed by atoms with E-state index in [1.54, 1.807) is 4.90 Å². The average Bonchev–Trinajstić information content (AvgIpc) is 3.40. The number of piperazine rings is 1. The first-order chi connectivity index (χ1) is 15.7. The van der Waals surface area contributed by atoms with Crippen molar-refractivity contribution in [1.82, 2.24) is 25.0 Å². The number of benzene rings is 1. The topological polar surface area (TPSA) is 71.3 Å². The van der Waals surface area contributed by atoms with Crippen LogP contribution in [-0.4, -0.2) is 77.2 Å². The van der Waals surface area contributed by atoms with E-state index in [2.05, 4.69) is 64.1 Å². The number of carbonyl (C=O) groups is 1. The van der Waals surface area contributed by atoms with E-state index < -0.39 is 0 Å². The number of nitrogens with one attached hydrogen (secondary N) is 2. The maximum Gasteiger partial charge on any atom is 0.243 e. The quantitative estimate of drug-likeness (QED) is 0.639. The minimum atomic E-state index is -0.126. The van der Waals surface area contributed by atoms with E-state index in [9.17, 15) is 4.79 Å². The molecule has 3 heterocycles. The monoisotopic (exact) mass is 448 g/mol. The number of amides is 1. The Balaban J connectivity index is 1.37. The largest absolute Gasteiger partial charge is 0.353 e. The Kier molecular flexibility index (Phi) is 5.57. The molecule has 2 aromatic heterocycles. The summed E-state index contributed by atoms with van der Waals surface area (Å²) < 4.78 is 0. The van der Waals surface area contributed by atoms with Gasteiger partial charge in [0.1, 0.15) is 5.69 Å². The van der Waals surface area contributed by atoms with Gasteiger partial charge in [0.05, 0.1) is 11.7 Å². The SMILES string of the molecule is CC(C(=O)N(C)c1ccc2cc(-c3n[nH]c4c3CCC(C)(C)C4)[nH]c2c1)N1CCN(C)CC1. The number of H-pyrrole nitrogens is 2. The van der Waals surface area contributed by atoms with Gasteiger partial charge in [-0.05, 0) is 56.8 Å². The van der Waals surface area contributed by atoms with Crippen molar-refractivity contribution < 1.29 is 4.79 Å². The Morgan fingerprint density at radius 2 is 1.94 bits per heavy atom. The predicted molar refractivity (Wildman–Crippen MR) is 134 cm³/mol. The molecule has 3 aromatic rings. The Morgan fingerprint density at radius 1 is 1.18 bits per heavy atom. The number of aromatic amines is 2. The molecular formula is C26H36N6O. The third kappa shape index (κ3) is 4.20. The molecule has 33 heavy (non-hydrogen) atoms. The van der Waals surface area contributed by atoms with Crippen LogP contribution in [0, 0.1) is 5.41 Å². The van der Waals surface area contributed by atoms with Gasteiger partial charge in [-0.15, -0.1) is 0 Å². The van der Waals surface area contributed by atoms with Crippen LogP contribution in [0.4, 0.5) is 5.69 Å². The number of fused-ring (bicyclic) bond motifs is 2. The molecule has 0 radical (unpaired) electrons. The molecule has 1 aliphatic carbocycles. The number of nitrogens with zero attached hydrogens (tertiary/aromatic N) is 4. The van der Waals surface area contributed by atoms with E-state index in [4.69, 9.17) is 0 Å². The van der Waals surface area contributed by atoms with Gasteiger partial charge in [0.15, 0.2) is 0 Å². The van der Waals surface area contributed by atoms with Gasteiger partial charge in [-0.2, -0.15) is 5.10 Å². The van der Waals surface area contributed by atoms with Crippen LogP contribution in [0.5, 0.6) is 0 Å². The number of anilines is 1. The summed E-state index contributed by atoms with van der Waals surface area (Å²) in [4.78, 5) is 23.2. The van der Waals surface area contributed by atoms with Gasteiger partial charge >= 0.3 is 0 Å². The second kappa shape index (κ2) is 8.29. The number of likely N-dealkylation sites (N-methyl/N-ethyl adjacent to an activating group) is 2. The fourth-order valence-electron chi connectivity index (χ4n) is 5.29. The van der Waals surface area contributed by atoms with E-state index in [0.29, 0.717) is 5.41 Å². The van der Waals surface area contributed by atoms with E-state index >= 15 is 0 Å². The lowest BCUT2D eigenvalue weighted by molar-refractivity contribution is -0.123. The zero-order chi connectivity index (χ0) is 23.3. The lowest BCUT2D eigenvalue weighted by atomic mass is 9.76. The summed E-state index contributed by atoms with van der Waals surface area (Å²) in [7, 11) is 4.02. The second-order valence-electron chi connectivity index (χ2n) is 10.7. The van der Waals surface area contributed by atoms with Crippen molar-refractivity contribution in [2.24, 2.45) is 5.41 Å². The van der Waals surface area contributed by atoms with Crippen LogP contribution in [0.1, 0.15) is 38.4 Å². The van der Waals surface area contributed by atoms with Crippen molar-refractivity contribution >= 4 is 22.5 Å². The molecule has 2 N–H and O–H groups in total. The highest BCUT2D eigenvalue weighted by molar-refractivity contribution is 5.98. The number of rotatable bonds is 4. The minimum absolute atomic E-state index is 0.126. The highest BCUT2D eigenvalue weighted by Crippen LogP contribution is 2.38. The van der Waals surface area contributed by atoms with Gasteiger partial charge in [-0.1, -0.05) is 19.9 Å². The molecular weight excluding hydrogens is 412 g/mol. The smallest absolute Gasteiger partial charge is 0.243 e. The third-order valence-electron chi connectivity index (χ3n) is 7.68. The zero-order valence-corrected chi connectivity index (χ0v) is 20.5.